The van der Waals surface area contributed by atoms with Crippen molar-refractivity contribution in [2.75, 3.05) is 0 Å². The van der Waals surface area contributed by atoms with Crippen LogP contribution in [-0.2, 0) is 24.6 Å². The average molecular weight is 323 g/mol. The van der Waals surface area contributed by atoms with Crippen LogP contribution >= 0.6 is 0 Å². The van der Waals surface area contributed by atoms with Gasteiger partial charge in [0.2, 0.25) is 5.91 Å². The summed E-state index contributed by atoms with van der Waals surface area (Å²) in [6, 6.07) is 5.17. The Balaban J connectivity index is 2.13. The fourth-order valence-corrected chi connectivity index (χ4v) is 2.13. The van der Waals surface area contributed by atoms with E-state index in [1.807, 2.05) is 0 Å². The Hall–Kier alpha value is -2.57. The van der Waals surface area contributed by atoms with Gasteiger partial charge in [0.25, 0.3) is 0 Å². The number of hydrogen-bond donors (Lipinski definition) is 1. The molecule has 7 heteroatoms. The quantitative estimate of drug-likeness (QED) is 0.879. The minimum atomic E-state index is -4.46. The van der Waals surface area contributed by atoms with Gasteiger partial charge in [-0.25, -0.2) is 4.98 Å². The van der Waals surface area contributed by atoms with Crippen molar-refractivity contribution in [2.24, 2.45) is 7.05 Å². The molecule has 2 aromatic rings. The van der Waals surface area contributed by atoms with E-state index in [9.17, 15) is 18.0 Å². The molecule has 4 nitrogen and oxygen atoms in total. The zero-order chi connectivity index (χ0) is 17.0. The van der Waals surface area contributed by atoms with Gasteiger partial charge in [-0.1, -0.05) is 18.2 Å². The second kappa shape index (κ2) is 6.68. The summed E-state index contributed by atoms with van der Waals surface area (Å²) in [6.45, 7) is 1.68. The molecule has 1 aromatic carbocycles. The third-order valence-corrected chi connectivity index (χ3v) is 3.35. The second-order valence-electron chi connectivity index (χ2n) is 5.04. The first kappa shape index (κ1) is 16.8. The van der Waals surface area contributed by atoms with E-state index < -0.39 is 17.6 Å². The van der Waals surface area contributed by atoms with Gasteiger partial charge in [-0.05, 0) is 24.1 Å². The van der Waals surface area contributed by atoms with Crippen molar-refractivity contribution >= 4 is 11.5 Å². The van der Waals surface area contributed by atoms with Crippen LogP contribution in [0.25, 0.3) is 5.57 Å². The number of benzene rings is 1. The number of imidazole rings is 1. The number of amides is 1. The van der Waals surface area contributed by atoms with Crippen molar-refractivity contribution in [3.05, 3.63) is 59.7 Å². The van der Waals surface area contributed by atoms with Crippen LogP contribution in [0.2, 0.25) is 0 Å². The van der Waals surface area contributed by atoms with Crippen LogP contribution in [0.1, 0.15) is 23.9 Å². The molecule has 0 unspecified atom stereocenters. The summed E-state index contributed by atoms with van der Waals surface area (Å²) in [5.41, 5.74) is -0.520. The molecule has 2 rings (SSSR count). The van der Waals surface area contributed by atoms with Crippen molar-refractivity contribution in [1.29, 1.82) is 0 Å². The van der Waals surface area contributed by atoms with Gasteiger partial charge in [-0.15, -0.1) is 0 Å². The Bertz CT molecular complexity index is 732. The van der Waals surface area contributed by atoms with Gasteiger partial charge >= 0.3 is 6.18 Å². The molecule has 0 fully saturated rings. The molecule has 0 radical (unpaired) electrons. The third kappa shape index (κ3) is 4.21. The predicted molar refractivity (Wildman–Crippen MR) is 80.1 cm³/mol. The van der Waals surface area contributed by atoms with Gasteiger partial charge in [-0.2, -0.15) is 13.2 Å². The smallest absolute Gasteiger partial charge is 0.345 e. The number of carbonyl (C=O) groups excluding carboxylic acids is 1. The highest BCUT2D eigenvalue weighted by Gasteiger charge is 2.33. The van der Waals surface area contributed by atoms with Crippen molar-refractivity contribution < 1.29 is 18.0 Å². The first-order chi connectivity index (χ1) is 10.8. The molecule has 1 N–H and O–H groups in total. The molecule has 0 spiro atoms. The fraction of sp³-hybridized carbons (Fsp3) is 0.250. The van der Waals surface area contributed by atoms with E-state index in [0.29, 0.717) is 5.82 Å². The number of allylic oxidation sites excluding steroid dienone is 1. The molecular formula is C16H16F3N3O. The summed E-state index contributed by atoms with van der Waals surface area (Å²) in [7, 11) is 1.79. The fourth-order valence-electron chi connectivity index (χ4n) is 2.13. The number of alkyl halides is 3. The van der Waals surface area contributed by atoms with Crippen molar-refractivity contribution in [2.45, 2.75) is 19.6 Å². The monoisotopic (exact) mass is 323 g/mol. The van der Waals surface area contributed by atoms with Crippen molar-refractivity contribution in [3.63, 3.8) is 0 Å². The standard InChI is InChI=1S/C16H16F3N3O/c1-11(12-5-3-4-6-13(12)16(17,18)19)9-15(23)21-10-14-20-7-8-22(14)2/h3-9H,10H2,1-2H3,(H,21,23)/b11-9+. The molecule has 1 amide bonds. The lowest BCUT2D eigenvalue weighted by molar-refractivity contribution is -0.137. The Labute approximate surface area is 131 Å². The Morgan fingerprint density at radius 1 is 1.35 bits per heavy atom. The van der Waals surface area contributed by atoms with Crippen LogP contribution in [0.3, 0.4) is 0 Å². The highest BCUT2D eigenvalue weighted by atomic mass is 19.4. The molecule has 23 heavy (non-hydrogen) atoms. The van der Waals surface area contributed by atoms with E-state index in [0.717, 1.165) is 12.1 Å². The van der Waals surface area contributed by atoms with Crippen LogP contribution in [0.15, 0.2) is 42.7 Å². The second-order valence-corrected chi connectivity index (χ2v) is 5.04. The SMILES string of the molecule is C/C(=C\C(=O)NCc1nccn1C)c1ccccc1C(F)(F)F. The van der Waals surface area contributed by atoms with Gasteiger partial charge in [-0.3, -0.25) is 4.79 Å². The lowest BCUT2D eigenvalue weighted by Gasteiger charge is -2.13. The molecule has 0 aliphatic rings. The number of nitrogens with one attached hydrogen (secondary N) is 1. The number of aromatic nitrogens is 2. The van der Waals surface area contributed by atoms with Crippen LogP contribution < -0.4 is 5.32 Å². The number of nitrogens with zero attached hydrogens (tertiary/aromatic N) is 2. The molecular weight excluding hydrogens is 307 g/mol. The first-order valence-corrected chi connectivity index (χ1v) is 6.88. The summed E-state index contributed by atoms with van der Waals surface area (Å²) in [6.07, 6.45) is 0.0347. The lowest BCUT2D eigenvalue weighted by Crippen LogP contribution is -2.22. The van der Waals surface area contributed by atoms with E-state index in [4.69, 9.17) is 0 Å². The van der Waals surface area contributed by atoms with E-state index in [2.05, 4.69) is 10.3 Å². The maximum absolute atomic E-state index is 13.0. The van der Waals surface area contributed by atoms with Gasteiger partial charge in [0.1, 0.15) is 5.82 Å². The molecule has 1 heterocycles. The van der Waals surface area contributed by atoms with Crippen LogP contribution in [-0.4, -0.2) is 15.5 Å². The van der Waals surface area contributed by atoms with Gasteiger partial charge < -0.3 is 9.88 Å². The minimum absolute atomic E-state index is 0.00728. The average Bonchev–Trinajstić information content (AvgIpc) is 2.89. The Morgan fingerprint density at radius 2 is 2.04 bits per heavy atom. The largest absolute Gasteiger partial charge is 0.416 e. The third-order valence-electron chi connectivity index (χ3n) is 3.35. The highest BCUT2D eigenvalue weighted by molar-refractivity contribution is 5.95. The van der Waals surface area contributed by atoms with Gasteiger partial charge in [0, 0.05) is 25.5 Å². The number of hydrogen-bond acceptors (Lipinski definition) is 2. The van der Waals surface area contributed by atoms with Crippen molar-refractivity contribution in [1.82, 2.24) is 14.9 Å². The summed E-state index contributed by atoms with van der Waals surface area (Å²) in [4.78, 5) is 15.9. The van der Waals surface area contributed by atoms with Crippen LogP contribution in [0.5, 0.6) is 0 Å². The number of carbonyl (C=O) groups is 1. The Kier molecular flexibility index (Phi) is 4.88. The van der Waals surface area contributed by atoms with Crippen molar-refractivity contribution in [3.8, 4) is 0 Å². The maximum Gasteiger partial charge on any atom is 0.416 e. The minimum Gasteiger partial charge on any atom is -0.345 e. The molecule has 0 saturated heterocycles. The normalized spacial score (nSPS) is 12.3. The number of halogens is 3. The predicted octanol–water partition coefficient (Wildman–Crippen LogP) is 3.16. The Morgan fingerprint density at radius 3 is 2.65 bits per heavy atom. The topological polar surface area (TPSA) is 46.9 Å². The van der Waals surface area contributed by atoms with Crippen LogP contribution in [0, 0.1) is 0 Å². The maximum atomic E-state index is 13.0. The zero-order valence-electron chi connectivity index (χ0n) is 12.7. The lowest BCUT2D eigenvalue weighted by atomic mass is 10.00. The molecule has 0 aliphatic carbocycles. The molecule has 0 atom stereocenters. The van der Waals surface area contributed by atoms with E-state index >= 15 is 0 Å². The van der Waals surface area contributed by atoms with Gasteiger partial charge in [0.05, 0.1) is 12.1 Å². The first-order valence-electron chi connectivity index (χ1n) is 6.88. The number of rotatable bonds is 4. The molecule has 0 bridgehead atoms. The zero-order valence-corrected chi connectivity index (χ0v) is 12.7. The van der Waals surface area contributed by atoms with Crippen LogP contribution in [0.4, 0.5) is 13.2 Å². The summed E-state index contributed by atoms with van der Waals surface area (Å²) in [5, 5.41) is 2.60. The molecule has 0 saturated carbocycles. The molecule has 0 aliphatic heterocycles. The highest BCUT2D eigenvalue weighted by Crippen LogP contribution is 2.34. The molecule has 122 valence electrons. The van der Waals surface area contributed by atoms with Gasteiger partial charge in [0.15, 0.2) is 0 Å². The van der Waals surface area contributed by atoms with E-state index in [-0.39, 0.29) is 17.7 Å². The summed E-state index contributed by atoms with van der Waals surface area (Å²) in [5.74, 6) is 0.183. The summed E-state index contributed by atoms with van der Waals surface area (Å²) < 4.78 is 40.7. The van der Waals surface area contributed by atoms with E-state index in [1.165, 1.54) is 25.1 Å². The summed E-state index contributed by atoms with van der Waals surface area (Å²) >= 11 is 0. The molecule has 1 aromatic heterocycles. The number of aryl methyl sites for hydroxylation is 1. The van der Waals surface area contributed by atoms with E-state index in [1.54, 1.807) is 24.0 Å².